The van der Waals surface area contributed by atoms with Crippen LogP contribution >= 0.6 is 0 Å². The number of carbonyl (C=O) groups excluding carboxylic acids is 3. The number of nitrogens with one attached hydrogen (secondary N) is 2. The van der Waals surface area contributed by atoms with Gasteiger partial charge in [0, 0.05) is 18.7 Å². The summed E-state index contributed by atoms with van der Waals surface area (Å²) in [7, 11) is 0. The number of hydrogen-bond donors (Lipinski definition) is 2. The first-order valence-corrected chi connectivity index (χ1v) is 8.92. The largest absolute Gasteiger partial charge is 0.326 e. The number of hydrogen-bond acceptors (Lipinski definition) is 3. The summed E-state index contributed by atoms with van der Waals surface area (Å²) in [5, 5.41) is 5.76. The van der Waals surface area contributed by atoms with Crippen LogP contribution in [0.5, 0.6) is 0 Å². The van der Waals surface area contributed by atoms with Gasteiger partial charge in [0.05, 0.1) is 0 Å². The van der Waals surface area contributed by atoms with Gasteiger partial charge < -0.3 is 10.6 Å². The first-order valence-electron chi connectivity index (χ1n) is 8.92. The fourth-order valence-corrected chi connectivity index (χ4v) is 3.68. The summed E-state index contributed by atoms with van der Waals surface area (Å²) in [6.07, 6.45) is 4.13. The second-order valence-corrected chi connectivity index (χ2v) is 7.15. The van der Waals surface area contributed by atoms with Gasteiger partial charge in [-0.05, 0) is 50.3 Å². The van der Waals surface area contributed by atoms with Gasteiger partial charge in [-0.1, -0.05) is 25.0 Å². The zero-order chi connectivity index (χ0) is 18.0. The van der Waals surface area contributed by atoms with Gasteiger partial charge in [0.2, 0.25) is 5.91 Å². The molecule has 0 atom stereocenters. The summed E-state index contributed by atoms with van der Waals surface area (Å²) in [5.74, 6) is -0.221. The first-order chi connectivity index (χ1) is 11.9. The molecule has 25 heavy (non-hydrogen) atoms. The predicted molar refractivity (Wildman–Crippen MR) is 95.2 cm³/mol. The van der Waals surface area contributed by atoms with Gasteiger partial charge in [-0.2, -0.15) is 0 Å². The smallest absolute Gasteiger partial charge is 0.325 e. The third-order valence-corrected chi connectivity index (χ3v) is 5.16. The Labute approximate surface area is 148 Å². The van der Waals surface area contributed by atoms with Crippen molar-refractivity contribution in [3.63, 3.8) is 0 Å². The maximum absolute atomic E-state index is 12.5. The zero-order valence-electron chi connectivity index (χ0n) is 14.9. The molecule has 1 saturated carbocycles. The van der Waals surface area contributed by atoms with Crippen molar-refractivity contribution >= 4 is 23.5 Å². The number of anilines is 1. The molecule has 1 spiro atoms. The van der Waals surface area contributed by atoms with Crippen LogP contribution in [0.1, 0.15) is 49.7 Å². The standard InChI is InChI=1S/C19H25N3O3/c1-13-7-8-14(2)15(12-13)20-16(23)6-5-11-22-17(24)19(21-18(22)25)9-3-4-10-19/h7-8,12H,3-6,9-11H2,1-2H3,(H,20,23)(H,21,25). The van der Waals surface area contributed by atoms with Gasteiger partial charge in [0.15, 0.2) is 0 Å². The molecule has 1 aromatic carbocycles. The Kier molecular flexibility index (Phi) is 4.79. The van der Waals surface area contributed by atoms with E-state index < -0.39 is 5.54 Å². The number of rotatable bonds is 5. The van der Waals surface area contributed by atoms with Gasteiger partial charge in [-0.3, -0.25) is 14.5 Å². The number of urea groups is 1. The van der Waals surface area contributed by atoms with E-state index in [1.807, 2.05) is 32.0 Å². The molecule has 1 saturated heterocycles. The van der Waals surface area contributed by atoms with Crippen molar-refractivity contribution in [1.82, 2.24) is 10.2 Å². The van der Waals surface area contributed by atoms with E-state index in [1.54, 1.807) is 0 Å². The van der Waals surface area contributed by atoms with Crippen LogP contribution in [0.25, 0.3) is 0 Å². The summed E-state index contributed by atoms with van der Waals surface area (Å²) in [4.78, 5) is 38.0. The first kappa shape index (κ1) is 17.5. The van der Waals surface area contributed by atoms with E-state index in [1.165, 1.54) is 4.90 Å². The summed E-state index contributed by atoms with van der Waals surface area (Å²) in [5.41, 5.74) is 2.24. The molecule has 4 amide bonds. The Morgan fingerprint density at radius 3 is 2.68 bits per heavy atom. The number of nitrogens with zero attached hydrogens (tertiary/aromatic N) is 1. The maximum atomic E-state index is 12.5. The molecule has 2 aliphatic rings. The summed E-state index contributed by atoms with van der Waals surface area (Å²) in [6, 6.07) is 5.59. The lowest BCUT2D eigenvalue weighted by Gasteiger charge is -2.20. The Morgan fingerprint density at radius 2 is 1.96 bits per heavy atom. The molecule has 1 aromatic rings. The Hall–Kier alpha value is -2.37. The molecule has 134 valence electrons. The molecule has 6 nitrogen and oxygen atoms in total. The van der Waals surface area contributed by atoms with Crippen LogP contribution in [-0.2, 0) is 9.59 Å². The van der Waals surface area contributed by atoms with Crippen LogP contribution in [0.4, 0.5) is 10.5 Å². The molecular weight excluding hydrogens is 318 g/mol. The lowest BCUT2D eigenvalue weighted by molar-refractivity contribution is -0.131. The maximum Gasteiger partial charge on any atom is 0.325 e. The Morgan fingerprint density at radius 1 is 1.24 bits per heavy atom. The van der Waals surface area contributed by atoms with Gasteiger partial charge >= 0.3 is 6.03 Å². The number of imide groups is 1. The lowest BCUT2D eigenvalue weighted by Crippen LogP contribution is -2.44. The summed E-state index contributed by atoms with van der Waals surface area (Å²) < 4.78 is 0. The molecule has 1 heterocycles. The number of amides is 4. The highest BCUT2D eigenvalue weighted by Gasteiger charge is 2.51. The fourth-order valence-electron chi connectivity index (χ4n) is 3.68. The minimum Gasteiger partial charge on any atom is -0.326 e. The van der Waals surface area contributed by atoms with E-state index in [-0.39, 0.29) is 30.8 Å². The summed E-state index contributed by atoms with van der Waals surface area (Å²) >= 11 is 0. The molecule has 2 fully saturated rings. The lowest BCUT2D eigenvalue weighted by atomic mass is 9.98. The molecule has 0 aromatic heterocycles. The van der Waals surface area contributed by atoms with Crippen LogP contribution in [0.15, 0.2) is 18.2 Å². The van der Waals surface area contributed by atoms with Crippen molar-refractivity contribution in [2.45, 2.75) is 57.9 Å². The highest BCUT2D eigenvalue weighted by molar-refractivity contribution is 6.07. The highest BCUT2D eigenvalue weighted by atomic mass is 16.2. The fraction of sp³-hybridized carbons (Fsp3) is 0.526. The highest BCUT2D eigenvalue weighted by Crippen LogP contribution is 2.35. The van der Waals surface area contributed by atoms with E-state index in [9.17, 15) is 14.4 Å². The normalized spacial score (nSPS) is 18.7. The van der Waals surface area contributed by atoms with Crippen LogP contribution in [0.3, 0.4) is 0 Å². The van der Waals surface area contributed by atoms with E-state index >= 15 is 0 Å². The van der Waals surface area contributed by atoms with E-state index in [0.29, 0.717) is 6.42 Å². The number of carbonyl (C=O) groups is 3. The Bertz CT molecular complexity index is 708. The van der Waals surface area contributed by atoms with Crippen molar-refractivity contribution in [1.29, 1.82) is 0 Å². The minimum absolute atomic E-state index is 0.101. The van der Waals surface area contributed by atoms with E-state index in [4.69, 9.17) is 0 Å². The molecule has 3 rings (SSSR count). The topological polar surface area (TPSA) is 78.5 Å². The van der Waals surface area contributed by atoms with Crippen molar-refractivity contribution in [2.24, 2.45) is 0 Å². The quantitative estimate of drug-likeness (QED) is 0.807. The van der Waals surface area contributed by atoms with Crippen LogP contribution in [0, 0.1) is 13.8 Å². The van der Waals surface area contributed by atoms with Crippen molar-refractivity contribution in [3.8, 4) is 0 Å². The average molecular weight is 343 g/mol. The number of aryl methyl sites for hydroxylation is 2. The van der Waals surface area contributed by atoms with Gasteiger partial charge in [0.25, 0.3) is 5.91 Å². The molecule has 0 radical (unpaired) electrons. The van der Waals surface area contributed by atoms with Crippen LogP contribution in [-0.4, -0.2) is 34.8 Å². The average Bonchev–Trinajstić information content (AvgIpc) is 3.12. The Balaban J connectivity index is 1.51. The molecule has 0 unspecified atom stereocenters. The zero-order valence-corrected chi connectivity index (χ0v) is 14.9. The molecule has 6 heteroatoms. The van der Waals surface area contributed by atoms with Gasteiger partial charge in [-0.15, -0.1) is 0 Å². The van der Waals surface area contributed by atoms with E-state index in [2.05, 4.69) is 10.6 Å². The minimum atomic E-state index is -0.669. The second kappa shape index (κ2) is 6.86. The van der Waals surface area contributed by atoms with Crippen molar-refractivity contribution in [3.05, 3.63) is 29.3 Å². The van der Waals surface area contributed by atoms with Crippen LogP contribution < -0.4 is 10.6 Å². The van der Waals surface area contributed by atoms with Gasteiger partial charge in [0.1, 0.15) is 5.54 Å². The van der Waals surface area contributed by atoms with Crippen molar-refractivity contribution < 1.29 is 14.4 Å². The molecular formula is C19H25N3O3. The van der Waals surface area contributed by atoms with E-state index in [0.717, 1.165) is 42.5 Å². The molecule has 1 aliphatic carbocycles. The van der Waals surface area contributed by atoms with Crippen LogP contribution in [0.2, 0.25) is 0 Å². The third-order valence-electron chi connectivity index (χ3n) is 5.16. The number of benzene rings is 1. The molecule has 1 aliphatic heterocycles. The monoisotopic (exact) mass is 343 g/mol. The van der Waals surface area contributed by atoms with Gasteiger partial charge in [-0.25, -0.2) is 4.79 Å². The molecule has 0 bridgehead atoms. The summed E-state index contributed by atoms with van der Waals surface area (Å²) in [6.45, 7) is 4.21. The van der Waals surface area contributed by atoms with Crippen molar-refractivity contribution in [2.75, 3.05) is 11.9 Å². The molecule has 2 N–H and O–H groups in total. The predicted octanol–water partition coefficient (Wildman–Crippen LogP) is 2.89. The third kappa shape index (κ3) is 3.52. The second-order valence-electron chi connectivity index (χ2n) is 7.15. The SMILES string of the molecule is Cc1ccc(C)c(NC(=O)CCCN2C(=O)NC3(CCCC3)C2=O)c1.